The summed E-state index contributed by atoms with van der Waals surface area (Å²) in [5.74, 6) is -0.411. The van der Waals surface area contributed by atoms with Gasteiger partial charge in [-0.15, -0.1) is 0 Å². The van der Waals surface area contributed by atoms with Gasteiger partial charge in [0.2, 0.25) is 0 Å². The first-order valence-corrected chi connectivity index (χ1v) is 11.8. The Morgan fingerprint density at radius 3 is 2.40 bits per heavy atom. The lowest BCUT2D eigenvalue weighted by Crippen LogP contribution is -2.43. The first kappa shape index (κ1) is 23.8. The van der Waals surface area contributed by atoms with Crippen molar-refractivity contribution in [1.29, 1.82) is 0 Å². The summed E-state index contributed by atoms with van der Waals surface area (Å²) < 4.78 is 51.2. The number of aliphatic imine (C=N–C) groups is 1. The van der Waals surface area contributed by atoms with Crippen molar-refractivity contribution in [1.82, 2.24) is 10.6 Å². The smallest absolute Gasteiger partial charge is 0.191 e. The van der Waals surface area contributed by atoms with E-state index in [4.69, 9.17) is 0 Å². The molecule has 0 aliphatic rings. The minimum absolute atomic E-state index is 0.109. The number of guanidine groups is 1. The number of hydrogen-bond acceptors (Lipinski definition) is 3. The standard InChI is InChI=1S/C22H29F2N3O2S/c1-5-25-21(27-15-22(2,3)19-8-6-7-9-20(19)24)26-13-17-12-18(23)11-10-16(17)14-30(4,28)29/h6-12H,5,13-15H2,1-4H3,(H2,25,26,27). The van der Waals surface area contributed by atoms with E-state index in [2.05, 4.69) is 15.6 Å². The van der Waals surface area contributed by atoms with Crippen molar-refractivity contribution >= 4 is 15.8 Å². The Labute approximate surface area is 177 Å². The summed E-state index contributed by atoms with van der Waals surface area (Å²) in [6.45, 7) is 6.90. The molecule has 0 spiro atoms. The zero-order chi connectivity index (χ0) is 22.4. The van der Waals surface area contributed by atoms with E-state index in [0.29, 0.717) is 35.7 Å². The number of benzene rings is 2. The van der Waals surface area contributed by atoms with Gasteiger partial charge in [-0.1, -0.05) is 38.1 Å². The predicted octanol–water partition coefficient (Wildman–Crippen LogP) is 3.54. The molecule has 0 aromatic heterocycles. The number of nitrogens with one attached hydrogen (secondary N) is 2. The van der Waals surface area contributed by atoms with Gasteiger partial charge in [0, 0.05) is 24.8 Å². The van der Waals surface area contributed by atoms with Crippen molar-refractivity contribution < 1.29 is 17.2 Å². The van der Waals surface area contributed by atoms with E-state index in [1.54, 1.807) is 18.2 Å². The molecule has 0 aliphatic heterocycles. The van der Waals surface area contributed by atoms with Crippen molar-refractivity contribution in [3.8, 4) is 0 Å². The quantitative estimate of drug-likeness (QED) is 0.490. The number of halogens is 2. The average Bonchev–Trinajstić information content (AvgIpc) is 2.65. The largest absolute Gasteiger partial charge is 0.357 e. The van der Waals surface area contributed by atoms with Gasteiger partial charge in [-0.05, 0) is 41.8 Å². The average molecular weight is 438 g/mol. The second-order valence-corrected chi connectivity index (χ2v) is 10.0. The molecule has 0 fully saturated rings. The summed E-state index contributed by atoms with van der Waals surface area (Å²) in [6.07, 6.45) is 1.14. The van der Waals surface area contributed by atoms with Crippen LogP contribution >= 0.6 is 0 Å². The molecule has 2 N–H and O–H groups in total. The predicted molar refractivity (Wildman–Crippen MR) is 117 cm³/mol. The van der Waals surface area contributed by atoms with Crippen LogP contribution in [0.4, 0.5) is 8.78 Å². The summed E-state index contributed by atoms with van der Waals surface area (Å²) in [6, 6.07) is 10.7. The topological polar surface area (TPSA) is 70.6 Å². The maximum absolute atomic E-state index is 14.2. The van der Waals surface area contributed by atoms with E-state index in [1.165, 1.54) is 24.3 Å². The van der Waals surface area contributed by atoms with E-state index in [1.807, 2.05) is 20.8 Å². The van der Waals surface area contributed by atoms with Crippen LogP contribution in [-0.2, 0) is 27.5 Å². The monoisotopic (exact) mass is 437 g/mol. The number of hydrogen-bond donors (Lipinski definition) is 2. The molecule has 0 unspecified atom stereocenters. The van der Waals surface area contributed by atoms with Crippen molar-refractivity contribution in [2.75, 3.05) is 19.3 Å². The second kappa shape index (κ2) is 10.0. The Morgan fingerprint density at radius 1 is 1.07 bits per heavy atom. The van der Waals surface area contributed by atoms with Crippen LogP contribution in [0.3, 0.4) is 0 Å². The van der Waals surface area contributed by atoms with Gasteiger partial charge in [-0.2, -0.15) is 0 Å². The number of rotatable bonds is 8. The van der Waals surface area contributed by atoms with Gasteiger partial charge in [0.05, 0.1) is 12.3 Å². The molecule has 2 rings (SSSR count). The molecule has 164 valence electrons. The molecule has 0 bridgehead atoms. The fourth-order valence-electron chi connectivity index (χ4n) is 3.08. The van der Waals surface area contributed by atoms with Gasteiger partial charge in [0.25, 0.3) is 0 Å². The Kier molecular flexibility index (Phi) is 7.95. The lowest BCUT2D eigenvalue weighted by Gasteiger charge is -2.27. The molecule has 2 aromatic carbocycles. The van der Waals surface area contributed by atoms with Crippen LogP contribution in [-0.4, -0.2) is 33.7 Å². The summed E-state index contributed by atoms with van der Waals surface area (Å²) in [7, 11) is -3.26. The van der Waals surface area contributed by atoms with Gasteiger partial charge in [0.15, 0.2) is 15.8 Å². The lowest BCUT2D eigenvalue weighted by molar-refractivity contribution is 0.473. The highest BCUT2D eigenvalue weighted by Crippen LogP contribution is 2.24. The molecule has 30 heavy (non-hydrogen) atoms. The first-order valence-electron chi connectivity index (χ1n) is 9.74. The third kappa shape index (κ3) is 7.09. The minimum atomic E-state index is -3.26. The Hall–Kier alpha value is -2.48. The van der Waals surface area contributed by atoms with Crippen molar-refractivity contribution in [3.05, 3.63) is 70.8 Å². The third-order valence-electron chi connectivity index (χ3n) is 4.64. The molecule has 0 saturated carbocycles. The van der Waals surface area contributed by atoms with E-state index in [0.717, 1.165) is 6.26 Å². The molecule has 0 saturated heterocycles. The van der Waals surface area contributed by atoms with Crippen molar-refractivity contribution in [2.45, 2.75) is 38.5 Å². The van der Waals surface area contributed by atoms with Crippen LogP contribution in [0.1, 0.15) is 37.5 Å². The highest BCUT2D eigenvalue weighted by molar-refractivity contribution is 7.89. The highest BCUT2D eigenvalue weighted by atomic mass is 32.2. The van der Waals surface area contributed by atoms with E-state index in [9.17, 15) is 17.2 Å². The van der Waals surface area contributed by atoms with Crippen molar-refractivity contribution in [3.63, 3.8) is 0 Å². The minimum Gasteiger partial charge on any atom is -0.357 e. The molecule has 0 radical (unpaired) electrons. The van der Waals surface area contributed by atoms with Crippen LogP contribution in [0.25, 0.3) is 0 Å². The van der Waals surface area contributed by atoms with Crippen LogP contribution in [0, 0.1) is 11.6 Å². The number of sulfone groups is 1. The molecular formula is C22H29F2N3O2S. The molecule has 0 atom stereocenters. The van der Waals surface area contributed by atoms with Gasteiger partial charge >= 0.3 is 0 Å². The second-order valence-electron chi connectivity index (χ2n) is 7.90. The summed E-state index contributed by atoms with van der Waals surface area (Å²) in [5.41, 5.74) is 1.12. The van der Waals surface area contributed by atoms with Gasteiger partial charge in [-0.25, -0.2) is 22.2 Å². The maximum atomic E-state index is 14.2. The highest BCUT2D eigenvalue weighted by Gasteiger charge is 2.24. The molecular weight excluding hydrogens is 408 g/mol. The van der Waals surface area contributed by atoms with E-state index in [-0.39, 0.29) is 18.1 Å². The molecule has 0 aliphatic carbocycles. The molecule has 8 heteroatoms. The molecule has 0 amide bonds. The third-order valence-corrected chi connectivity index (χ3v) is 5.47. The number of nitrogens with zero attached hydrogens (tertiary/aromatic N) is 1. The van der Waals surface area contributed by atoms with Gasteiger partial charge in [-0.3, -0.25) is 0 Å². The van der Waals surface area contributed by atoms with E-state index >= 15 is 0 Å². The van der Waals surface area contributed by atoms with Crippen LogP contribution in [0.5, 0.6) is 0 Å². The SMILES string of the molecule is CCNC(=NCc1cc(F)ccc1CS(C)(=O)=O)NCC(C)(C)c1ccccc1F. The Morgan fingerprint density at radius 2 is 1.77 bits per heavy atom. The zero-order valence-electron chi connectivity index (χ0n) is 17.8. The Bertz CT molecular complexity index is 1010. The zero-order valence-corrected chi connectivity index (χ0v) is 18.6. The molecule has 0 heterocycles. The van der Waals surface area contributed by atoms with Gasteiger partial charge < -0.3 is 10.6 Å². The Balaban J connectivity index is 2.19. The fourth-order valence-corrected chi connectivity index (χ4v) is 3.93. The maximum Gasteiger partial charge on any atom is 0.191 e. The lowest BCUT2D eigenvalue weighted by atomic mass is 9.84. The normalized spacial score (nSPS) is 12.7. The van der Waals surface area contributed by atoms with Crippen LogP contribution in [0.15, 0.2) is 47.5 Å². The first-order chi connectivity index (χ1) is 14.0. The van der Waals surface area contributed by atoms with Crippen LogP contribution in [0.2, 0.25) is 0 Å². The van der Waals surface area contributed by atoms with Gasteiger partial charge in [0.1, 0.15) is 11.6 Å². The summed E-state index contributed by atoms with van der Waals surface area (Å²) >= 11 is 0. The van der Waals surface area contributed by atoms with Crippen LogP contribution < -0.4 is 10.6 Å². The summed E-state index contributed by atoms with van der Waals surface area (Å²) in [4.78, 5) is 4.47. The van der Waals surface area contributed by atoms with E-state index < -0.39 is 21.1 Å². The molecule has 2 aromatic rings. The molecule has 5 nitrogen and oxygen atoms in total. The fraction of sp³-hybridized carbons (Fsp3) is 0.409. The summed E-state index contributed by atoms with van der Waals surface area (Å²) in [5, 5.41) is 6.31. The van der Waals surface area contributed by atoms with Crippen molar-refractivity contribution in [2.24, 2.45) is 4.99 Å².